The molecule has 0 aliphatic heterocycles. The third-order valence-corrected chi connectivity index (χ3v) is 2.40. The fourth-order valence-electron chi connectivity index (χ4n) is 1.62. The van der Waals surface area contributed by atoms with E-state index in [4.69, 9.17) is 5.39 Å². The van der Waals surface area contributed by atoms with Gasteiger partial charge in [-0.05, 0) is 32.4 Å². The first-order valence-electron chi connectivity index (χ1n) is 4.93. The second-order valence-electron chi connectivity index (χ2n) is 3.24. The van der Waals surface area contributed by atoms with E-state index in [0.717, 1.165) is 18.7 Å². The normalized spacial score (nSPS) is 9.57. The van der Waals surface area contributed by atoms with Crippen molar-refractivity contribution in [1.29, 1.82) is 5.39 Å². The van der Waals surface area contributed by atoms with Gasteiger partial charge in [0, 0.05) is 30.9 Å². The molecule has 0 amide bonds. The second kappa shape index (κ2) is 4.61. The summed E-state index contributed by atoms with van der Waals surface area (Å²) in [5.41, 5.74) is 2.96. The number of rotatable bonds is 3. The Morgan fingerprint density at radius 3 is 2.36 bits per heavy atom. The Hall–Kier alpha value is -1.56. The molecule has 0 N–H and O–H groups in total. The van der Waals surface area contributed by atoms with Crippen LogP contribution in [-0.4, -0.2) is 13.1 Å². The molecule has 3 heteroatoms. The van der Waals surface area contributed by atoms with Gasteiger partial charge in [-0.25, -0.2) is 0 Å². The lowest BCUT2D eigenvalue weighted by Crippen LogP contribution is -2.22. The van der Waals surface area contributed by atoms with Crippen LogP contribution in [0.15, 0.2) is 18.2 Å². The Kier molecular flexibility index (Phi) is 3.47. The average molecular weight is 190 g/mol. The number of anilines is 1. The van der Waals surface area contributed by atoms with Crippen LogP contribution in [0.4, 0.5) is 11.4 Å². The highest BCUT2D eigenvalue weighted by Crippen LogP contribution is 2.24. The van der Waals surface area contributed by atoms with E-state index < -0.39 is 0 Å². The maximum Gasteiger partial charge on any atom is 0.385 e. The standard InChI is InChI=1S/C11H16N3/c1-4-14(5-2)11-7-6-10(13-12)8-9(11)3/h6-8H,4-5H2,1-3H3/q+1. The summed E-state index contributed by atoms with van der Waals surface area (Å²) in [5, 5.41) is 8.62. The summed E-state index contributed by atoms with van der Waals surface area (Å²) < 4.78 is 0. The molecule has 1 aromatic carbocycles. The highest BCUT2D eigenvalue weighted by Gasteiger charge is 2.10. The van der Waals surface area contributed by atoms with Gasteiger partial charge in [0.2, 0.25) is 5.39 Å². The number of hydrogen-bond donors (Lipinski definition) is 0. The van der Waals surface area contributed by atoms with Crippen LogP contribution in [0, 0.1) is 12.3 Å². The molecule has 0 spiro atoms. The molecular formula is C11H16N3+. The van der Waals surface area contributed by atoms with E-state index in [0.29, 0.717) is 5.69 Å². The Morgan fingerprint density at radius 1 is 1.29 bits per heavy atom. The molecule has 0 saturated carbocycles. The van der Waals surface area contributed by atoms with Crippen molar-refractivity contribution in [2.75, 3.05) is 18.0 Å². The molecule has 0 aromatic heterocycles. The zero-order valence-electron chi connectivity index (χ0n) is 8.99. The van der Waals surface area contributed by atoms with Crippen molar-refractivity contribution >= 4 is 11.4 Å². The third kappa shape index (κ3) is 2.02. The summed E-state index contributed by atoms with van der Waals surface area (Å²) in [4.78, 5) is 5.44. The molecule has 74 valence electrons. The van der Waals surface area contributed by atoms with Crippen molar-refractivity contribution in [3.8, 4) is 0 Å². The molecule has 0 aliphatic rings. The predicted octanol–water partition coefficient (Wildman–Crippen LogP) is 3.33. The van der Waals surface area contributed by atoms with Crippen LogP contribution in [0.5, 0.6) is 0 Å². The van der Waals surface area contributed by atoms with Gasteiger partial charge in [0.25, 0.3) is 0 Å². The molecule has 0 unspecified atom stereocenters. The van der Waals surface area contributed by atoms with Crippen molar-refractivity contribution in [1.82, 2.24) is 0 Å². The Morgan fingerprint density at radius 2 is 1.93 bits per heavy atom. The van der Waals surface area contributed by atoms with Crippen LogP contribution >= 0.6 is 0 Å². The lowest BCUT2D eigenvalue weighted by Gasteiger charge is -2.22. The van der Waals surface area contributed by atoms with Gasteiger partial charge in [0.1, 0.15) is 0 Å². The minimum absolute atomic E-state index is 0.610. The molecule has 0 heterocycles. The summed E-state index contributed by atoms with van der Waals surface area (Å²) in [6.07, 6.45) is 0. The van der Waals surface area contributed by atoms with Crippen molar-refractivity contribution in [3.63, 3.8) is 0 Å². The molecule has 0 atom stereocenters. The summed E-state index contributed by atoms with van der Waals surface area (Å²) in [7, 11) is 0. The molecule has 14 heavy (non-hydrogen) atoms. The lowest BCUT2D eigenvalue weighted by atomic mass is 10.1. The number of diazo groups is 1. The Bertz CT molecular complexity index is 348. The zero-order chi connectivity index (χ0) is 10.6. The second-order valence-corrected chi connectivity index (χ2v) is 3.24. The molecule has 0 radical (unpaired) electrons. The van der Waals surface area contributed by atoms with E-state index in [1.54, 1.807) is 0 Å². The number of hydrogen-bond acceptors (Lipinski definition) is 2. The maximum atomic E-state index is 8.62. The number of aryl methyl sites for hydroxylation is 1. The monoisotopic (exact) mass is 190 g/mol. The van der Waals surface area contributed by atoms with Crippen LogP contribution in [0.1, 0.15) is 19.4 Å². The summed E-state index contributed by atoms with van der Waals surface area (Å²) in [6, 6.07) is 5.70. The number of nitrogens with zero attached hydrogens (tertiary/aromatic N) is 3. The van der Waals surface area contributed by atoms with E-state index >= 15 is 0 Å². The van der Waals surface area contributed by atoms with Gasteiger partial charge in [-0.15, -0.1) is 0 Å². The van der Waals surface area contributed by atoms with Gasteiger partial charge in [-0.1, -0.05) is 0 Å². The van der Waals surface area contributed by atoms with Gasteiger partial charge in [0.05, 0.1) is 0 Å². The summed E-state index contributed by atoms with van der Waals surface area (Å²) in [6.45, 7) is 8.28. The molecular weight excluding hydrogens is 174 g/mol. The van der Waals surface area contributed by atoms with Crippen molar-refractivity contribution in [3.05, 3.63) is 28.7 Å². The van der Waals surface area contributed by atoms with Crippen molar-refractivity contribution < 1.29 is 0 Å². The van der Waals surface area contributed by atoms with Crippen LogP contribution < -0.4 is 4.90 Å². The first-order chi connectivity index (χ1) is 6.72. The van der Waals surface area contributed by atoms with Crippen molar-refractivity contribution in [2.45, 2.75) is 20.8 Å². The average Bonchev–Trinajstić information content (AvgIpc) is 2.22. The highest BCUT2D eigenvalue weighted by molar-refractivity contribution is 5.60. The lowest BCUT2D eigenvalue weighted by molar-refractivity contribution is 0.862. The third-order valence-electron chi connectivity index (χ3n) is 2.40. The quantitative estimate of drug-likeness (QED) is 0.684. The van der Waals surface area contributed by atoms with E-state index in [1.165, 1.54) is 5.69 Å². The van der Waals surface area contributed by atoms with E-state index in [1.807, 2.05) is 25.1 Å². The molecule has 0 fully saturated rings. The van der Waals surface area contributed by atoms with E-state index in [-0.39, 0.29) is 0 Å². The van der Waals surface area contributed by atoms with E-state index in [9.17, 15) is 0 Å². The largest absolute Gasteiger partial charge is 0.385 e. The Balaban J connectivity index is 3.05. The maximum absolute atomic E-state index is 8.62. The van der Waals surface area contributed by atoms with Gasteiger partial charge < -0.3 is 4.90 Å². The fourth-order valence-corrected chi connectivity index (χ4v) is 1.62. The first kappa shape index (κ1) is 10.5. The summed E-state index contributed by atoms with van der Waals surface area (Å²) >= 11 is 0. The Labute approximate surface area is 85.0 Å². The minimum atomic E-state index is 0.610. The zero-order valence-corrected chi connectivity index (χ0v) is 8.99. The van der Waals surface area contributed by atoms with Gasteiger partial charge in [0.15, 0.2) is 4.98 Å². The molecule has 1 rings (SSSR count). The van der Waals surface area contributed by atoms with Gasteiger partial charge >= 0.3 is 5.69 Å². The first-order valence-corrected chi connectivity index (χ1v) is 4.93. The molecule has 0 saturated heterocycles. The van der Waals surface area contributed by atoms with Crippen molar-refractivity contribution in [2.24, 2.45) is 0 Å². The van der Waals surface area contributed by atoms with Crippen LogP contribution in [0.25, 0.3) is 4.98 Å². The van der Waals surface area contributed by atoms with Gasteiger partial charge in [-0.3, -0.25) is 0 Å². The minimum Gasteiger partial charge on any atom is -0.372 e. The fraction of sp³-hybridized carbons (Fsp3) is 0.455. The summed E-state index contributed by atoms with van der Waals surface area (Å²) in [5.74, 6) is 0. The highest BCUT2D eigenvalue weighted by atomic mass is 15.1. The smallest absolute Gasteiger partial charge is 0.372 e. The SMILES string of the molecule is CCN(CC)c1ccc([N+]#N)cc1C. The molecule has 0 bridgehead atoms. The van der Waals surface area contributed by atoms with E-state index in [2.05, 4.69) is 23.7 Å². The van der Waals surface area contributed by atoms with Gasteiger partial charge in [-0.2, -0.15) is 0 Å². The number of benzene rings is 1. The van der Waals surface area contributed by atoms with Crippen LogP contribution in [-0.2, 0) is 0 Å². The molecule has 3 nitrogen and oxygen atoms in total. The molecule has 1 aromatic rings. The predicted molar refractivity (Wildman–Crippen MR) is 59.5 cm³/mol. The van der Waals surface area contributed by atoms with Crippen LogP contribution in [0.2, 0.25) is 0 Å². The van der Waals surface area contributed by atoms with Crippen LogP contribution in [0.3, 0.4) is 0 Å². The topological polar surface area (TPSA) is 31.4 Å². The molecule has 0 aliphatic carbocycles.